The summed E-state index contributed by atoms with van der Waals surface area (Å²) in [7, 11) is -3.44. The Hall–Kier alpha value is -2.05. The number of sulfone groups is 1. The van der Waals surface area contributed by atoms with Crippen LogP contribution in [0, 0.1) is 6.92 Å². The molecule has 0 aliphatic carbocycles. The van der Waals surface area contributed by atoms with Crippen LogP contribution in [0.5, 0.6) is 5.75 Å². The van der Waals surface area contributed by atoms with Crippen LogP contribution in [0.15, 0.2) is 47.4 Å². The molecule has 0 heterocycles. The lowest BCUT2D eigenvalue weighted by atomic mass is 10.2. The number of para-hydroxylation sites is 1. The van der Waals surface area contributed by atoms with Gasteiger partial charge in [-0.15, -0.1) is 0 Å². The summed E-state index contributed by atoms with van der Waals surface area (Å²) < 4.78 is 28.8. The van der Waals surface area contributed by atoms with Crippen LogP contribution in [0.25, 0.3) is 0 Å². The van der Waals surface area contributed by atoms with Crippen molar-refractivity contribution < 1.29 is 17.9 Å². The molecule has 0 spiro atoms. The van der Waals surface area contributed by atoms with Gasteiger partial charge >= 0.3 is 0 Å². The van der Waals surface area contributed by atoms with Gasteiger partial charge in [0.25, 0.3) is 5.91 Å². The zero-order valence-corrected chi connectivity index (χ0v) is 14.2. The summed E-state index contributed by atoms with van der Waals surface area (Å²) in [6, 6.07) is 11.4. The third-order valence-corrected chi connectivity index (χ3v) is 4.47. The first-order valence-electron chi connectivity index (χ1n) is 6.75. The van der Waals surface area contributed by atoms with Gasteiger partial charge in [0.05, 0.1) is 15.6 Å². The van der Waals surface area contributed by atoms with Crippen molar-refractivity contribution in [2.24, 2.45) is 0 Å². The first-order chi connectivity index (χ1) is 10.8. The van der Waals surface area contributed by atoms with Gasteiger partial charge in [-0.3, -0.25) is 4.79 Å². The molecule has 2 aromatic carbocycles. The van der Waals surface area contributed by atoms with Crippen molar-refractivity contribution in [3.63, 3.8) is 0 Å². The van der Waals surface area contributed by atoms with Crippen LogP contribution < -0.4 is 10.1 Å². The van der Waals surface area contributed by atoms with E-state index in [1.807, 2.05) is 13.0 Å². The SMILES string of the molecule is Cc1ccc(Cl)c(OCC(=O)Nc2ccccc2S(C)(=O)=O)c1. The maximum absolute atomic E-state index is 12.0. The summed E-state index contributed by atoms with van der Waals surface area (Å²) >= 11 is 5.99. The minimum atomic E-state index is -3.44. The van der Waals surface area contributed by atoms with E-state index in [0.29, 0.717) is 10.8 Å². The first kappa shape index (κ1) is 17.3. The second-order valence-corrected chi connectivity index (χ2v) is 7.43. The number of ether oxygens (including phenoxy) is 1. The highest BCUT2D eigenvalue weighted by Gasteiger charge is 2.15. The van der Waals surface area contributed by atoms with Gasteiger partial charge in [-0.2, -0.15) is 0 Å². The maximum Gasteiger partial charge on any atom is 0.262 e. The van der Waals surface area contributed by atoms with E-state index in [1.54, 1.807) is 24.3 Å². The Balaban J connectivity index is 2.08. The molecule has 0 radical (unpaired) electrons. The van der Waals surface area contributed by atoms with E-state index in [-0.39, 0.29) is 17.2 Å². The number of carbonyl (C=O) groups excluding carboxylic acids is 1. The first-order valence-corrected chi connectivity index (χ1v) is 9.02. The summed E-state index contributed by atoms with van der Waals surface area (Å²) in [5.74, 6) is -0.0723. The summed E-state index contributed by atoms with van der Waals surface area (Å²) in [5, 5.41) is 2.94. The molecule has 122 valence electrons. The largest absolute Gasteiger partial charge is 0.482 e. The molecule has 0 unspecified atom stereocenters. The van der Waals surface area contributed by atoms with E-state index in [2.05, 4.69) is 5.32 Å². The number of benzene rings is 2. The number of hydrogen-bond acceptors (Lipinski definition) is 4. The van der Waals surface area contributed by atoms with Crippen molar-refractivity contribution >= 4 is 33.0 Å². The van der Waals surface area contributed by atoms with Gasteiger partial charge in [0, 0.05) is 6.26 Å². The Bertz CT molecular complexity index is 834. The van der Waals surface area contributed by atoms with Gasteiger partial charge in [0.2, 0.25) is 0 Å². The molecule has 0 saturated heterocycles. The molecule has 2 aromatic rings. The van der Waals surface area contributed by atoms with Crippen LogP contribution >= 0.6 is 11.6 Å². The van der Waals surface area contributed by atoms with Crippen LogP contribution in [0.3, 0.4) is 0 Å². The summed E-state index contributed by atoms with van der Waals surface area (Å²) in [4.78, 5) is 12.0. The number of nitrogens with one attached hydrogen (secondary N) is 1. The monoisotopic (exact) mass is 353 g/mol. The minimum Gasteiger partial charge on any atom is -0.482 e. The molecule has 23 heavy (non-hydrogen) atoms. The van der Waals surface area contributed by atoms with Crippen LogP contribution in [-0.2, 0) is 14.6 Å². The zero-order chi connectivity index (χ0) is 17.0. The van der Waals surface area contributed by atoms with E-state index in [0.717, 1.165) is 11.8 Å². The number of aryl methyl sites for hydroxylation is 1. The fourth-order valence-electron chi connectivity index (χ4n) is 1.94. The molecule has 5 nitrogen and oxygen atoms in total. The van der Waals surface area contributed by atoms with Crippen molar-refractivity contribution in [1.82, 2.24) is 0 Å². The number of amides is 1. The number of carbonyl (C=O) groups is 1. The highest BCUT2D eigenvalue weighted by atomic mass is 35.5. The Labute approximate surface area is 140 Å². The molecule has 1 amide bonds. The Morgan fingerprint density at radius 1 is 1.22 bits per heavy atom. The van der Waals surface area contributed by atoms with Gasteiger partial charge < -0.3 is 10.1 Å². The van der Waals surface area contributed by atoms with E-state index in [4.69, 9.17) is 16.3 Å². The van der Waals surface area contributed by atoms with Crippen molar-refractivity contribution in [3.8, 4) is 5.75 Å². The molecule has 7 heteroatoms. The highest BCUT2D eigenvalue weighted by Crippen LogP contribution is 2.25. The molecule has 0 aliphatic rings. The lowest BCUT2D eigenvalue weighted by Gasteiger charge is -2.11. The minimum absolute atomic E-state index is 0.0573. The third-order valence-electron chi connectivity index (χ3n) is 3.01. The smallest absolute Gasteiger partial charge is 0.262 e. The van der Waals surface area contributed by atoms with E-state index < -0.39 is 15.7 Å². The molecule has 0 bridgehead atoms. The molecule has 2 rings (SSSR count). The van der Waals surface area contributed by atoms with E-state index in [1.165, 1.54) is 12.1 Å². The average molecular weight is 354 g/mol. The second kappa shape index (κ2) is 7.02. The second-order valence-electron chi connectivity index (χ2n) is 5.04. The zero-order valence-electron chi connectivity index (χ0n) is 12.7. The maximum atomic E-state index is 12.0. The lowest BCUT2D eigenvalue weighted by molar-refractivity contribution is -0.118. The quantitative estimate of drug-likeness (QED) is 0.896. The molecule has 0 atom stereocenters. The van der Waals surface area contributed by atoms with Crippen molar-refractivity contribution in [3.05, 3.63) is 53.1 Å². The van der Waals surface area contributed by atoms with E-state index >= 15 is 0 Å². The average Bonchev–Trinajstić information content (AvgIpc) is 2.47. The van der Waals surface area contributed by atoms with Crippen LogP contribution in [0.2, 0.25) is 5.02 Å². The van der Waals surface area contributed by atoms with Crippen LogP contribution in [0.1, 0.15) is 5.56 Å². The number of hydrogen-bond donors (Lipinski definition) is 1. The van der Waals surface area contributed by atoms with Crippen LogP contribution in [0.4, 0.5) is 5.69 Å². The highest BCUT2D eigenvalue weighted by molar-refractivity contribution is 7.90. The molecule has 0 saturated carbocycles. The molecule has 1 N–H and O–H groups in total. The van der Waals surface area contributed by atoms with Crippen molar-refractivity contribution in [1.29, 1.82) is 0 Å². The summed E-state index contributed by atoms with van der Waals surface area (Å²) in [6.07, 6.45) is 1.08. The van der Waals surface area contributed by atoms with Gasteiger partial charge in [-0.25, -0.2) is 8.42 Å². The normalized spacial score (nSPS) is 11.1. The fourth-order valence-corrected chi connectivity index (χ4v) is 2.96. The number of halogens is 1. The number of rotatable bonds is 5. The fraction of sp³-hybridized carbons (Fsp3) is 0.188. The standard InChI is InChI=1S/C16H16ClNO4S/c1-11-7-8-12(17)14(9-11)22-10-16(19)18-13-5-3-4-6-15(13)23(2,20)21/h3-9H,10H2,1-2H3,(H,18,19). The molecule has 0 fully saturated rings. The van der Waals surface area contributed by atoms with Gasteiger partial charge in [-0.1, -0.05) is 29.8 Å². The topological polar surface area (TPSA) is 72.5 Å². The van der Waals surface area contributed by atoms with Crippen molar-refractivity contribution in [2.75, 3.05) is 18.2 Å². The Morgan fingerprint density at radius 3 is 2.61 bits per heavy atom. The Morgan fingerprint density at radius 2 is 1.91 bits per heavy atom. The summed E-state index contributed by atoms with van der Waals surface area (Å²) in [5.41, 5.74) is 1.17. The van der Waals surface area contributed by atoms with Gasteiger partial charge in [0.15, 0.2) is 16.4 Å². The summed E-state index contributed by atoms with van der Waals surface area (Å²) in [6.45, 7) is 1.60. The molecule has 0 aliphatic heterocycles. The Kier molecular flexibility index (Phi) is 5.28. The van der Waals surface area contributed by atoms with Crippen LogP contribution in [-0.4, -0.2) is 27.2 Å². The van der Waals surface area contributed by atoms with Crippen molar-refractivity contribution in [2.45, 2.75) is 11.8 Å². The lowest BCUT2D eigenvalue weighted by Crippen LogP contribution is -2.21. The molecular weight excluding hydrogens is 338 g/mol. The van der Waals surface area contributed by atoms with Gasteiger partial charge in [-0.05, 0) is 36.8 Å². The predicted molar refractivity (Wildman–Crippen MR) is 89.9 cm³/mol. The van der Waals surface area contributed by atoms with E-state index in [9.17, 15) is 13.2 Å². The molecular formula is C16H16ClNO4S. The number of anilines is 1. The third kappa shape index (κ3) is 4.71. The molecule has 0 aromatic heterocycles. The van der Waals surface area contributed by atoms with Gasteiger partial charge in [0.1, 0.15) is 5.75 Å². The predicted octanol–water partition coefficient (Wildman–Crippen LogP) is 3.07.